The molecule has 0 bridgehead atoms. The summed E-state index contributed by atoms with van der Waals surface area (Å²) < 4.78 is 13.4. The summed E-state index contributed by atoms with van der Waals surface area (Å²) in [5.41, 5.74) is 0.970. The lowest BCUT2D eigenvalue weighted by molar-refractivity contribution is 0.616. The minimum absolute atomic E-state index is 0.149. The van der Waals surface area contributed by atoms with Crippen LogP contribution in [0.3, 0.4) is 0 Å². The molecule has 1 spiro atoms. The minimum Gasteiger partial charge on any atom is -0.383 e. The van der Waals surface area contributed by atoms with Gasteiger partial charge in [-0.05, 0) is 31.0 Å². The molecule has 1 aliphatic heterocycles. The summed E-state index contributed by atoms with van der Waals surface area (Å²) in [7, 11) is 0. The quantitative estimate of drug-likeness (QED) is 0.720. The summed E-state index contributed by atoms with van der Waals surface area (Å²) >= 11 is 1.95. The van der Waals surface area contributed by atoms with Crippen molar-refractivity contribution in [2.75, 3.05) is 11.9 Å². The van der Waals surface area contributed by atoms with Gasteiger partial charge in [0.1, 0.15) is 5.82 Å². The first-order valence-electron chi connectivity index (χ1n) is 5.50. The van der Waals surface area contributed by atoms with E-state index in [-0.39, 0.29) is 5.82 Å². The molecule has 2 aliphatic rings. The van der Waals surface area contributed by atoms with E-state index in [9.17, 15) is 4.39 Å². The molecule has 1 nitrogen and oxygen atoms in total. The van der Waals surface area contributed by atoms with E-state index in [0.29, 0.717) is 4.75 Å². The maximum atomic E-state index is 13.0. The fourth-order valence-corrected chi connectivity index (χ4v) is 4.03. The molecular weight excluding hydrogens is 209 g/mol. The van der Waals surface area contributed by atoms with Crippen LogP contribution < -0.4 is 5.32 Å². The first-order valence-corrected chi connectivity index (χ1v) is 6.32. The maximum absolute atomic E-state index is 13.0. The highest BCUT2D eigenvalue weighted by molar-refractivity contribution is 8.01. The number of benzene rings is 1. The monoisotopic (exact) mass is 223 g/mol. The lowest BCUT2D eigenvalue weighted by Crippen LogP contribution is -2.33. The second kappa shape index (κ2) is 3.41. The molecule has 80 valence electrons. The molecule has 1 aliphatic carbocycles. The first-order chi connectivity index (χ1) is 7.27. The summed E-state index contributed by atoms with van der Waals surface area (Å²) in [4.78, 5) is 1.21. The van der Waals surface area contributed by atoms with Gasteiger partial charge in [-0.2, -0.15) is 0 Å². The third-order valence-corrected chi connectivity index (χ3v) is 4.95. The number of hydrogen-bond donors (Lipinski definition) is 1. The number of halogens is 1. The van der Waals surface area contributed by atoms with Crippen LogP contribution in [0.15, 0.2) is 23.1 Å². The SMILES string of the molecule is Fc1ccc2c(c1)NCC1(CCCC1)S2. The predicted molar refractivity (Wildman–Crippen MR) is 61.9 cm³/mol. The van der Waals surface area contributed by atoms with Gasteiger partial charge in [0.25, 0.3) is 0 Å². The van der Waals surface area contributed by atoms with Gasteiger partial charge in [0.05, 0.1) is 5.69 Å². The Morgan fingerprint density at radius 3 is 2.87 bits per heavy atom. The molecule has 1 fully saturated rings. The maximum Gasteiger partial charge on any atom is 0.125 e. The van der Waals surface area contributed by atoms with E-state index in [1.54, 1.807) is 12.1 Å². The summed E-state index contributed by atoms with van der Waals surface area (Å²) in [6.45, 7) is 0.994. The second-order valence-corrected chi connectivity index (χ2v) is 6.00. The first kappa shape index (κ1) is 9.52. The molecule has 0 atom stereocenters. The van der Waals surface area contributed by atoms with Gasteiger partial charge in [-0.1, -0.05) is 12.8 Å². The van der Waals surface area contributed by atoms with Gasteiger partial charge in [-0.25, -0.2) is 4.39 Å². The Morgan fingerprint density at radius 2 is 2.07 bits per heavy atom. The normalized spacial score (nSPS) is 22.5. The second-order valence-electron chi connectivity index (χ2n) is 4.49. The van der Waals surface area contributed by atoms with Crippen molar-refractivity contribution >= 4 is 17.4 Å². The van der Waals surface area contributed by atoms with E-state index in [1.807, 2.05) is 17.8 Å². The Balaban J connectivity index is 1.93. The fraction of sp³-hybridized carbons (Fsp3) is 0.500. The Bertz CT molecular complexity index is 385. The molecule has 0 aromatic heterocycles. The van der Waals surface area contributed by atoms with Crippen molar-refractivity contribution in [3.63, 3.8) is 0 Å². The van der Waals surface area contributed by atoms with E-state index in [2.05, 4.69) is 5.32 Å². The lowest BCUT2D eigenvalue weighted by atomic mass is 10.1. The molecule has 0 amide bonds. The van der Waals surface area contributed by atoms with Crippen LogP contribution in [0.2, 0.25) is 0 Å². The molecule has 15 heavy (non-hydrogen) atoms. The van der Waals surface area contributed by atoms with Crippen LogP contribution in [-0.2, 0) is 0 Å². The molecule has 3 heteroatoms. The van der Waals surface area contributed by atoms with Crippen LogP contribution in [0, 0.1) is 5.82 Å². The standard InChI is InChI=1S/C12H14FNS/c13-9-3-4-11-10(7-9)14-8-12(15-11)5-1-2-6-12/h3-4,7,14H,1-2,5-6,8H2. The van der Waals surface area contributed by atoms with Crippen molar-refractivity contribution < 1.29 is 4.39 Å². The number of thioether (sulfide) groups is 1. The lowest BCUT2D eigenvalue weighted by Gasteiger charge is -2.34. The molecule has 1 saturated carbocycles. The highest BCUT2D eigenvalue weighted by atomic mass is 32.2. The average molecular weight is 223 g/mol. The van der Waals surface area contributed by atoms with Crippen LogP contribution >= 0.6 is 11.8 Å². The van der Waals surface area contributed by atoms with Crippen LogP contribution in [-0.4, -0.2) is 11.3 Å². The molecule has 3 rings (SSSR count). The Morgan fingerprint density at radius 1 is 1.27 bits per heavy atom. The van der Waals surface area contributed by atoms with Crippen molar-refractivity contribution in [3.05, 3.63) is 24.0 Å². The number of nitrogens with one attached hydrogen (secondary N) is 1. The summed E-state index contributed by atoms with van der Waals surface area (Å²) in [5, 5.41) is 3.38. The zero-order chi connectivity index (χ0) is 10.3. The molecule has 1 heterocycles. The van der Waals surface area contributed by atoms with Crippen molar-refractivity contribution in [3.8, 4) is 0 Å². The molecule has 0 radical (unpaired) electrons. The van der Waals surface area contributed by atoms with E-state index in [1.165, 1.54) is 30.6 Å². The minimum atomic E-state index is -0.149. The van der Waals surface area contributed by atoms with Gasteiger partial charge in [-0.3, -0.25) is 0 Å². The van der Waals surface area contributed by atoms with Gasteiger partial charge in [0, 0.05) is 16.2 Å². The van der Waals surface area contributed by atoms with Crippen molar-refractivity contribution in [1.82, 2.24) is 0 Å². The Kier molecular flexibility index (Phi) is 2.16. The number of anilines is 1. The topological polar surface area (TPSA) is 12.0 Å². The molecule has 1 aromatic carbocycles. The van der Waals surface area contributed by atoms with Gasteiger partial charge in [-0.15, -0.1) is 11.8 Å². The third kappa shape index (κ3) is 1.63. The third-order valence-electron chi connectivity index (χ3n) is 3.38. The van der Waals surface area contributed by atoms with E-state index in [0.717, 1.165) is 12.2 Å². The largest absolute Gasteiger partial charge is 0.383 e. The van der Waals surface area contributed by atoms with Gasteiger partial charge in [0.2, 0.25) is 0 Å². The average Bonchev–Trinajstić information content (AvgIpc) is 2.67. The molecule has 1 N–H and O–H groups in total. The van der Waals surface area contributed by atoms with Gasteiger partial charge in [0.15, 0.2) is 0 Å². The predicted octanol–water partition coefficient (Wildman–Crippen LogP) is 3.66. The van der Waals surface area contributed by atoms with Crippen LogP contribution in [0.25, 0.3) is 0 Å². The number of rotatable bonds is 0. The zero-order valence-electron chi connectivity index (χ0n) is 8.55. The number of fused-ring (bicyclic) bond motifs is 1. The van der Waals surface area contributed by atoms with Crippen molar-refractivity contribution in [2.45, 2.75) is 35.3 Å². The smallest absolute Gasteiger partial charge is 0.125 e. The highest BCUT2D eigenvalue weighted by Crippen LogP contribution is 2.50. The molecular formula is C12H14FNS. The van der Waals surface area contributed by atoms with Gasteiger partial charge >= 0.3 is 0 Å². The van der Waals surface area contributed by atoms with E-state index in [4.69, 9.17) is 0 Å². The molecule has 1 aromatic rings. The van der Waals surface area contributed by atoms with E-state index >= 15 is 0 Å². The Labute approximate surface area is 93.4 Å². The highest BCUT2D eigenvalue weighted by Gasteiger charge is 2.37. The fourth-order valence-electron chi connectivity index (χ4n) is 2.55. The number of hydrogen-bond acceptors (Lipinski definition) is 2. The summed E-state index contributed by atoms with van der Waals surface area (Å²) in [6, 6.07) is 5.06. The van der Waals surface area contributed by atoms with Crippen LogP contribution in [0.1, 0.15) is 25.7 Å². The van der Waals surface area contributed by atoms with Crippen LogP contribution in [0.5, 0.6) is 0 Å². The van der Waals surface area contributed by atoms with Crippen molar-refractivity contribution in [1.29, 1.82) is 0 Å². The summed E-state index contributed by atoms with van der Waals surface area (Å²) in [5.74, 6) is -0.149. The molecule has 0 saturated heterocycles. The zero-order valence-corrected chi connectivity index (χ0v) is 9.37. The summed E-state index contributed by atoms with van der Waals surface area (Å²) in [6.07, 6.45) is 5.26. The van der Waals surface area contributed by atoms with Gasteiger partial charge < -0.3 is 5.32 Å². The Hall–Kier alpha value is -0.700. The van der Waals surface area contributed by atoms with Crippen LogP contribution in [0.4, 0.5) is 10.1 Å². The van der Waals surface area contributed by atoms with Crippen molar-refractivity contribution in [2.24, 2.45) is 0 Å². The molecule has 0 unspecified atom stereocenters. The van der Waals surface area contributed by atoms with E-state index < -0.39 is 0 Å².